The minimum absolute atomic E-state index is 0.621. The van der Waals surface area contributed by atoms with Gasteiger partial charge in [-0.25, -0.2) is 0 Å². The average molecular weight is 294 g/mol. The van der Waals surface area contributed by atoms with Crippen molar-refractivity contribution >= 4 is 32.5 Å². The lowest BCUT2D eigenvalue weighted by Gasteiger charge is -2.17. The molecule has 0 aliphatic heterocycles. The molecule has 2 aromatic rings. The number of hydrogen-bond donors (Lipinski definition) is 1. The molecule has 0 radical (unpaired) electrons. The lowest BCUT2D eigenvalue weighted by Crippen LogP contribution is -2.12. The van der Waals surface area contributed by atoms with Crippen LogP contribution in [0.4, 0.5) is 5.69 Å². The fourth-order valence-corrected chi connectivity index (χ4v) is 2.35. The van der Waals surface area contributed by atoms with Gasteiger partial charge in [-0.15, -0.1) is 0 Å². The Balaban J connectivity index is 2.72. The Morgan fingerprint density at radius 1 is 1.35 bits per heavy atom. The topological polar surface area (TPSA) is 42.1 Å². The fraction of sp³-hybridized carbons (Fsp3) is 0.308. The van der Waals surface area contributed by atoms with Gasteiger partial charge in [0.2, 0.25) is 0 Å². The maximum absolute atomic E-state index is 5.60. The highest BCUT2D eigenvalue weighted by Gasteiger charge is 2.09. The Morgan fingerprint density at radius 3 is 2.76 bits per heavy atom. The minimum atomic E-state index is 0.621. The molecule has 0 bridgehead atoms. The van der Waals surface area contributed by atoms with Gasteiger partial charge in [0, 0.05) is 41.8 Å². The Hall–Kier alpha value is -1.13. The van der Waals surface area contributed by atoms with Crippen LogP contribution in [0, 0.1) is 0 Å². The molecule has 0 aliphatic carbocycles. The van der Waals surface area contributed by atoms with Gasteiger partial charge in [-0.1, -0.05) is 12.1 Å². The first-order valence-electron chi connectivity index (χ1n) is 5.59. The van der Waals surface area contributed by atoms with Gasteiger partial charge in [0.1, 0.15) is 0 Å². The SMILES string of the molecule is CN(C)c1cc(CCN)nc2c(Br)cccc12. The molecule has 17 heavy (non-hydrogen) atoms. The van der Waals surface area contributed by atoms with E-state index in [9.17, 15) is 0 Å². The van der Waals surface area contributed by atoms with Crippen molar-refractivity contribution in [2.45, 2.75) is 6.42 Å². The Kier molecular flexibility index (Phi) is 3.64. The second-order valence-electron chi connectivity index (χ2n) is 4.20. The molecule has 0 amide bonds. The number of fused-ring (bicyclic) bond motifs is 1. The summed E-state index contributed by atoms with van der Waals surface area (Å²) in [6.45, 7) is 0.621. The van der Waals surface area contributed by atoms with E-state index in [1.165, 1.54) is 5.69 Å². The molecule has 0 saturated heterocycles. The third-order valence-electron chi connectivity index (χ3n) is 2.70. The van der Waals surface area contributed by atoms with Gasteiger partial charge < -0.3 is 10.6 Å². The Bertz CT molecular complexity index is 537. The molecule has 2 rings (SSSR count). The van der Waals surface area contributed by atoms with E-state index in [-0.39, 0.29) is 0 Å². The zero-order chi connectivity index (χ0) is 12.4. The third kappa shape index (κ3) is 2.42. The average Bonchev–Trinajstić information content (AvgIpc) is 2.29. The number of anilines is 1. The highest BCUT2D eigenvalue weighted by molar-refractivity contribution is 9.10. The first-order valence-corrected chi connectivity index (χ1v) is 6.38. The van der Waals surface area contributed by atoms with E-state index in [1.807, 2.05) is 26.2 Å². The number of aromatic nitrogens is 1. The molecule has 0 atom stereocenters. The van der Waals surface area contributed by atoms with E-state index in [0.717, 1.165) is 27.5 Å². The molecule has 4 heteroatoms. The van der Waals surface area contributed by atoms with Crippen molar-refractivity contribution in [2.75, 3.05) is 25.5 Å². The van der Waals surface area contributed by atoms with E-state index < -0.39 is 0 Å². The lowest BCUT2D eigenvalue weighted by atomic mass is 10.1. The first kappa shape index (κ1) is 12.3. The van der Waals surface area contributed by atoms with Crippen molar-refractivity contribution < 1.29 is 0 Å². The maximum Gasteiger partial charge on any atom is 0.0868 e. The summed E-state index contributed by atoms with van der Waals surface area (Å²) in [6, 6.07) is 8.25. The highest BCUT2D eigenvalue weighted by atomic mass is 79.9. The molecule has 0 unspecified atom stereocenters. The molecular weight excluding hydrogens is 278 g/mol. The molecule has 1 aromatic heterocycles. The smallest absolute Gasteiger partial charge is 0.0868 e. The van der Waals surface area contributed by atoms with Crippen LogP contribution < -0.4 is 10.6 Å². The quantitative estimate of drug-likeness (QED) is 0.946. The van der Waals surface area contributed by atoms with Crippen molar-refractivity contribution in [1.82, 2.24) is 4.98 Å². The molecule has 0 aliphatic rings. The van der Waals surface area contributed by atoms with Crippen molar-refractivity contribution in [3.63, 3.8) is 0 Å². The molecule has 1 aromatic carbocycles. The van der Waals surface area contributed by atoms with Gasteiger partial charge in [-0.05, 0) is 34.6 Å². The Morgan fingerprint density at radius 2 is 2.12 bits per heavy atom. The molecule has 90 valence electrons. The second kappa shape index (κ2) is 5.02. The third-order valence-corrected chi connectivity index (χ3v) is 3.34. The summed E-state index contributed by atoms with van der Waals surface area (Å²) >= 11 is 3.55. The van der Waals surface area contributed by atoms with Crippen LogP contribution in [-0.4, -0.2) is 25.6 Å². The highest BCUT2D eigenvalue weighted by Crippen LogP contribution is 2.30. The van der Waals surface area contributed by atoms with E-state index in [4.69, 9.17) is 5.73 Å². The molecule has 0 saturated carbocycles. The van der Waals surface area contributed by atoms with Gasteiger partial charge in [-0.2, -0.15) is 0 Å². The van der Waals surface area contributed by atoms with E-state index in [0.29, 0.717) is 6.54 Å². The van der Waals surface area contributed by atoms with Crippen LogP contribution in [0.1, 0.15) is 5.69 Å². The van der Waals surface area contributed by atoms with Crippen molar-refractivity contribution in [2.24, 2.45) is 5.73 Å². The van der Waals surface area contributed by atoms with Crippen LogP contribution in [0.2, 0.25) is 0 Å². The summed E-state index contributed by atoms with van der Waals surface area (Å²) in [7, 11) is 4.09. The number of nitrogens with zero attached hydrogens (tertiary/aromatic N) is 2. The number of para-hydroxylation sites is 1. The molecular formula is C13H16BrN3. The van der Waals surface area contributed by atoms with Gasteiger partial charge in [0.25, 0.3) is 0 Å². The van der Waals surface area contributed by atoms with Crippen LogP contribution >= 0.6 is 15.9 Å². The molecule has 2 N–H and O–H groups in total. The van der Waals surface area contributed by atoms with Gasteiger partial charge in [-0.3, -0.25) is 4.98 Å². The summed E-state index contributed by atoms with van der Waals surface area (Å²) in [5, 5.41) is 1.16. The van der Waals surface area contributed by atoms with Crippen LogP contribution in [0.5, 0.6) is 0 Å². The summed E-state index contributed by atoms with van der Waals surface area (Å²) < 4.78 is 1.02. The lowest BCUT2D eigenvalue weighted by molar-refractivity contribution is 0.929. The van der Waals surface area contributed by atoms with Gasteiger partial charge >= 0.3 is 0 Å². The van der Waals surface area contributed by atoms with Gasteiger partial charge in [0.15, 0.2) is 0 Å². The number of nitrogens with two attached hydrogens (primary N) is 1. The maximum atomic E-state index is 5.60. The molecule has 3 nitrogen and oxygen atoms in total. The standard InChI is InChI=1S/C13H16BrN3/c1-17(2)12-8-9(6-7-15)16-13-10(12)4-3-5-11(13)14/h3-5,8H,6-7,15H2,1-2H3. The second-order valence-corrected chi connectivity index (χ2v) is 5.06. The molecule has 0 fully saturated rings. The number of pyridine rings is 1. The van der Waals surface area contributed by atoms with Crippen LogP contribution in [0.3, 0.4) is 0 Å². The number of halogens is 1. The van der Waals surface area contributed by atoms with Crippen molar-refractivity contribution in [3.8, 4) is 0 Å². The van der Waals surface area contributed by atoms with Crippen LogP contribution in [0.15, 0.2) is 28.7 Å². The fourth-order valence-electron chi connectivity index (χ4n) is 1.89. The van der Waals surface area contributed by atoms with Crippen molar-refractivity contribution in [3.05, 3.63) is 34.4 Å². The molecule has 1 heterocycles. The van der Waals surface area contributed by atoms with Gasteiger partial charge in [0.05, 0.1) is 5.52 Å². The largest absolute Gasteiger partial charge is 0.377 e. The Labute approximate surface area is 110 Å². The van der Waals surface area contributed by atoms with E-state index >= 15 is 0 Å². The summed E-state index contributed by atoms with van der Waals surface area (Å²) in [5.41, 5.74) is 8.82. The van der Waals surface area contributed by atoms with Crippen LogP contribution in [0.25, 0.3) is 10.9 Å². The minimum Gasteiger partial charge on any atom is -0.377 e. The summed E-state index contributed by atoms with van der Waals surface area (Å²) in [4.78, 5) is 6.76. The van der Waals surface area contributed by atoms with E-state index in [1.54, 1.807) is 0 Å². The zero-order valence-corrected chi connectivity index (χ0v) is 11.7. The monoisotopic (exact) mass is 293 g/mol. The number of rotatable bonds is 3. The molecule has 0 spiro atoms. The first-order chi connectivity index (χ1) is 8.13. The number of benzene rings is 1. The van der Waals surface area contributed by atoms with Crippen LogP contribution in [-0.2, 0) is 6.42 Å². The zero-order valence-electron chi connectivity index (χ0n) is 10.1. The summed E-state index contributed by atoms with van der Waals surface area (Å²) in [6.07, 6.45) is 0.804. The van der Waals surface area contributed by atoms with E-state index in [2.05, 4.69) is 37.9 Å². The summed E-state index contributed by atoms with van der Waals surface area (Å²) in [5.74, 6) is 0. The predicted octanol–water partition coefficient (Wildman–Crippen LogP) is 2.56. The number of hydrogen-bond acceptors (Lipinski definition) is 3. The van der Waals surface area contributed by atoms with Crippen molar-refractivity contribution in [1.29, 1.82) is 0 Å². The normalized spacial score (nSPS) is 10.8. The predicted molar refractivity (Wildman–Crippen MR) is 76.5 cm³/mol.